The molecule has 2 heterocycles. The van der Waals surface area contributed by atoms with Crippen LogP contribution in [-0.4, -0.2) is 33.2 Å². The van der Waals surface area contributed by atoms with Gasteiger partial charge in [-0.15, -0.1) is 0 Å². The van der Waals surface area contributed by atoms with Crippen LogP contribution < -0.4 is 15.8 Å². The summed E-state index contributed by atoms with van der Waals surface area (Å²) in [6.45, 7) is 4.20. The zero-order chi connectivity index (χ0) is 19.2. The van der Waals surface area contributed by atoms with Crippen LogP contribution in [0.5, 0.6) is 5.75 Å². The van der Waals surface area contributed by atoms with Gasteiger partial charge in [0, 0.05) is 17.3 Å². The van der Waals surface area contributed by atoms with E-state index in [9.17, 15) is 4.79 Å². The number of ether oxygens (including phenoxy) is 1. The summed E-state index contributed by atoms with van der Waals surface area (Å²) in [5.41, 5.74) is 9.39. The van der Waals surface area contributed by atoms with Crippen molar-refractivity contribution in [2.45, 2.75) is 25.7 Å². The van der Waals surface area contributed by atoms with Crippen molar-refractivity contribution in [3.63, 3.8) is 0 Å². The fraction of sp³-hybridized carbons (Fsp3) is 0.263. The molecule has 1 aliphatic carbocycles. The molecule has 0 fully saturated rings. The van der Waals surface area contributed by atoms with E-state index in [0.29, 0.717) is 17.1 Å². The van der Waals surface area contributed by atoms with E-state index in [4.69, 9.17) is 10.5 Å². The number of carbonyl (C=O) groups is 1. The highest BCUT2D eigenvalue weighted by Gasteiger charge is 2.37. The lowest BCUT2D eigenvalue weighted by atomic mass is 9.74. The monoisotopic (exact) mass is 364 g/mol. The number of carbonyl (C=O) groups excluding carboxylic acids is 1. The maximum Gasteiger partial charge on any atom is 0.257 e. The van der Waals surface area contributed by atoms with Crippen molar-refractivity contribution in [3.8, 4) is 17.1 Å². The molecule has 3 aromatic rings. The van der Waals surface area contributed by atoms with Gasteiger partial charge in [-0.25, -0.2) is 9.97 Å². The van der Waals surface area contributed by atoms with Crippen molar-refractivity contribution in [2.24, 2.45) is 0 Å². The van der Waals surface area contributed by atoms with Gasteiger partial charge >= 0.3 is 0 Å². The Morgan fingerprint density at radius 2 is 2.19 bits per heavy atom. The van der Waals surface area contributed by atoms with Crippen molar-refractivity contribution in [1.29, 1.82) is 0 Å². The van der Waals surface area contributed by atoms with Gasteiger partial charge in [0.25, 0.3) is 5.91 Å². The molecule has 1 aromatic carbocycles. The quantitative estimate of drug-likeness (QED) is 0.657. The third-order valence-corrected chi connectivity index (χ3v) is 4.76. The summed E-state index contributed by atoms with van der Waals surface area (Å²) in [7, 11) is 1.56. The van der Waals surface area contributed by atoms with E-state index in [-0.39, 0.29) is 17.3 Å². The lowest BCUT2D eigenvalue weighted by Gasteiger charge is -2.31. The van der Waals surface area contributed by atoms with E-state index < -0.39 is 0 Å². The van der Waals surface area contributed by atoms with Crippen molar-refractivity contribution >= 4 is 17.7 Å². The molecule has 0 unspecified atom stereocenters. The summed E-state index contributed by atoms with van der Waals surface area (Å²) in [5.74, 6) is 1.06. The number of fused-ring (bicyclic) bond motifs is 3. The van der Waals surface area contributed by atoms with Crippen molar-refractivity contribution in [1.82, 2.24) is 20.2 Å². The first-order valence-electron chi connectivity index (χ1n) is 8.55. The maximum atomic E-state index is 12.7. The van der Waals surface area contributed by atoms with Crippen LogP contribution in [0.25, 0.3) is 11.4 Å². The number of nitrogens with one attached hydrogen (secondary N) is 2. The third-order valence-electron chi connectivity index (χ3n) is 4.76. The van der Waals surface area contributed by atoms with Crippen molar-refractivity contribution in [3.05, 3.63) is 47.2 Å². The van der Waals surface area contributed by atoms with E-state index in [2.05, 4.69) is 39.3 Å². The Balaban J connectivity index is 1.73. The number of nitrogens with zero attached hydrogens (tertiary/aromatic N) is 3. The fourth-order valence-electron chi connectivity index (χ4n) is 3.54. The molecule has 8 nitrogen and oxygen atoms in total. The molecule has 4 N–H and O–H groups in total. The van der Waals surface area contributed by atoms with Crippen LogP contribution in [-0.2, 0) is 11.8 Å². The number of aromatic nitrogens is 4. The molecule has 0 atom stereocenters. The number of anilines is 2. The molecule has 1 amide bonds. The largest absolute Gasteiger partial charge is 0.497 e. The number of benzene rings is 1. The first-order valence-corrected chi connectivity index (χ1v) is 8.55. The zero-order valence-electron chi connectivity index (χ0n) is 15.3. The summed E-state index contributed by atoms with van der Waals surface area (Å²) in [5, 5.41) is 10.3. The first kappa shape index (κ1) is 17.0. The zero-order valence-corrected chi connectivity index (χ0v) is 15.3. The predicted octanol–water partition coefficient (Wildman–Crippen LogP) is 2.54. The molecule has 1 aliphatic rings. The van der Waals surface area contributed by atoms with E-state index in [1.165, 1.54) is 0 Å². The Morgan fingerprint density at radius 3 is 2.96 bits per heavy atom. The van der Waals surface area contributed by atoms with Crippen LogP contribution in [0.2, 0.25) is 0 Å². The summed E-state index contributed by atoms with van der Waals surface area (Å²) >= 11 is 0. The lowest BCUT2D eigenvalue weighted by Crippen LogP contribution is -2.27. The molecular formula is C19H20N6O2. The van der Waals surface area contributed by atoms with Gasteiger partial charge in [-0.1, -0.05) is 19.9 Å². The minimum absolute atomic E-state index is 0.205. The van der Waals surface area contributed by atoms with Gasteiger partial charge in [0.15, 0.2) is 5.82 Å². The molecule has 0 bridgehead atoms. The van der Waals surface area contributed by atoms with Gasteiger partial charge in [0.2, 0.25) is 5.95 Å². The Hall–Kier alpha value is -3.42. The minimum atomic E-state index is -0.258. The van der Waals surface area contributed by atoms with Crippen LogP contribution in [0.15, 0.2) is 30.5 Å². The third kappa shape index (κ3) is 2.88. The van der Waals surface area contributed by atoms with Gasteiger partial charge in [-0.2, -0.15) is 5.10 Å². The van der Waals surface area contributed by atoms with Crippen LogP contribution in [0.1, 0.15) is 35.3 Å². The van der Waals surface area contributed by atoms with Crippen LogP contribution in [0.4, 0.5) is 11.8 Å². The van der Waals surface area contributed by atoms with Gasteiger partial charge < -0.3 is 15.8 Å². The molecule has 0 spiro atoms. The topological polar surface area (TPSA) is 119 Å². The van der Waals surface area contributed by atoms with E-state index in [1.807, 2.05) is 0 Å². The minimum Gasteiger partial charge on any atom is -0.497 e. The van der Waals surface area contributed by atoms with Crippen molar-refractivity contribution in [2.75, 3.05) is 18.2 Å². The summed E-state index contributed by atoms with van der Waals surface area (Å²) in [6.07, 6.45) is 2.47. The molecule has 27 heavy (non-hydrogen) atoms. The second-order valence-electron chi connectivity index (χ2n) is 7.17. The van der Waals surface area contributed by atoms with Crippen LogP contribution in [0, 0.1) is 0 Å². The molecule has 2 aromatic heterocycles. The molecule has 0 saturated carbocycles. The van der Waals surface area contributed by atoms with Gasteiger partial charge in [0.05, 0.1) is 18.5 Å². The molecule has 0 aliphatic heterocycles. The Kier molecular flexibility index (Phi) is 3.83. The number of rotatable bonds is 3. The predicted molar refractivity (Wildman–Crippen MR) is 102 cm³/mol. The summed E-state index contributed by atoms with van der Waals surface area (Å²) in [4.78, 5) is 21.2. The van der Waals surface area contributed by atoms with Crippen LogP contribution >= 0.6 is 0 Å². The lowest BCUT2D eigenvalue weighted by molar-refractivity contribution is 0.102. The van der Waals surface area contributed by atoms with Gasteiger partial charge in [-0.3, -0.25) is 9.89 Å². The fourth-order valence-corrected chi connectivity index (χ4v) is 3.54. The number of nitrogens with two attached hydrogens (primary N) is 1. The average molecular weight is 364 g/mol. The highest BCUT2D eigenvalue weighted by atomic mass is 16.5. The molecule has 4 rings (SSSR count). The van der Waals surface area contributed by atoms with E-state index in [1.54, 1.807) is 37.6 Å². The number of aromatic amines is 1. The normalized spacial score (nSPS) is 14.2. The standard InChI is InChI=1S/C19H20N6O2/c1-19(2)8-11-9-21-18(20)22-14(11)15-13(19)16(25-24-15)23-17(26)10-5-4-6-12(7-10)27-3/h4-7,9H,8H2,1-3H3,(H2,20,21,22)(H2,23,24,25,26). The Morgan fingerprint density at radius 1 is 1.37 bits per heavy atom. The smallest absolute Gasteiger partial charge is 0.257 e. The van der Waals surface area contributed by atoms with Gasteiger partial charge in [-0.05, 0) is 35.6 Å². The highest BCUT2D eigenvalue weighted by molar-refractivity contribution is 6.05. The van der Waals surface area contributed by atoms with Crippen LogP contribution in [0.3, 0.4) is 0 Å². The van der Waals surface area contributed by atoms with E-state index >= 15 is 0 Å². The first-order chi connectivity index (χ1) is 12.9. The SMILES string of the molecule is COc1cccc(C(=O)Nc2n[nH]c3c2C(C)(C)Cc2cnc(N)nc2-3)c1. The van der Waals surface area contributed by atoms with Gasteiger partial charge in [0.1, 0.15) is 5.75 Å². The second kappa shape index (κ2) is 6.08. The summed E-state index contributed by atoms with van der Waals surface area (Å²) < 4.78 is 5.19. The Labute approximate surface area is 156 Å². The van der Waals surface area contributed by atoms with E-state index in [0.717, 1.165) is 28.9 Å². The Bertz CT molecular complexity index is 1040. The number of methoxy groups -OCH3 is 1. The average Bonchev–Trinajstić information content (AvgIpc) is 3.07. The molecule has 8 heteroatoms. The molecule has 0 radical (unpaired) electrons. The van der Waals surface area contributed by atoms with Crippen molar-refractivity contribution < 1.29 is 9.53 Å². The summed E-state index contributed by atoms with van der Waals surface area (Å²) in [6, 6.07) is 6.97. The number of hydrogen-bond acceptors (Lipinski definition) is 6. The second-order valence-corrected chi connectivity index (χ2v) is 7.17. The molecule has 0 saturated heterocycles. The maximum absolute atomic E-state index is 12.7. The number of hydrogen-bond donors (Lipinski definition) is 3. The number of amides is 1. The molecular weight excluding hydrogens is 344 g/mol. The number of H-pyrrole nitrogens is 1. The highest BCUT2D eigenvalue weighted by Crippen LogP contribution is 2.44. The number of nitrogen functional groups attached to an aromatic ring is 1. The molecule has 138 valence electrons.